The molecule has 1 amide bonds. The van der Waals surface area contributed by atoms with E-state index in [1.807, 2.05) is 0 Å². The average molecular weight is 267 g/mol. The fraction of sp³-hybridized carbons (Fsp3) is 0.154. The van der Waals surface area contributed by atoms with Gasteiger partial charge in [-0.05, 0) is 43.3 Å². The Hall–Kier alpha value is -2.37. The smallest absolute Gasteiger partial charge is 0.387 e. The van der Waals surface area contributed by atoms with E-state index in [4.69, 9.17) is 4.42 Å². The van der Waals surface area contributed by atoms with Gasteiger partial charge in [-0.3, -0.25) is 4.79 Å². The lowest BCUT2D eigenvalue weighted by atomic mass is 10.3. The quantitative estimate of drug-likeness (QED) is 0.923. The SMILES string of the molecule is Cc1ccc(C(=O)Nc2ccc(OC(F)F)cc2)o1. The summed E-state index contributed by atoms with van der Waals surface area (Å²) in [6.45, 7) is -1.14. The van der Waals surface area contributed by atoms with Gasteiger partial charge in [0.2, 0.25) is 0 Å². The van der Waals surface area contributed by atoms with Crippen molar-refractivity contribution in [2.75, 3.05) is 5.32 Å². The molecule has 1 N–H and O–H groups in total. The lowest BCUT2D eigenvalue weighted by molar-refractivity contribution is -0.0498. The fourth-order valence-corrected chi connectivity index (χ4v) is 1.47. The van der Waals surface area contributed by atoms with Crippen molar-refractivity contribution >= 4 is 11.6 Å². The number of halogens is 2. The van der Waals surface area contributed by atoms with E-state index in [2.05, 4.69) is 10.1 Å². The fourth-order valence-electron chi connectivity index (χ4n) is 1.47. The van der Waals surface area contributed by atoms with E-state index in [-0.39, 0.29) is 11.5 Å². The van der Waals surface area contributed by atoms with E-state index < -0.39 is 12.5 Å². The molecule has 1 aromatic carbocycles. The molecule has 0 saturated heterocycles. The Labute approximate surface area is 108 Å². The number of furan rings is 1. The van der Waals surface area contributed by atoms with E-state index in [1.165, 1.54) is 24.3 Å². The summed E-state index contributed by atoms with van der Waals surface area (Å²) in [5, 5.41) is 2.58. The Bertz CT molecular complexity index is 564. The highest BCUT2D eigenvalue weighted by molar-refractivity contribution is 6.02. The summed E-state index contributed by atoms with van der Waals surface area (Å²) in [5.41, 5.74) is 0.459. The zero-order chi connectivity index (χ0) is 13.8. The van der Waals surface area contributed by atoms with Crippen molar-refractivity contribution in [3.05, 3.63) is 47.9 Å². The van der Waals surface area contributed by atoms with Crippen LogP contribution in [0.5, 0.6) is 5.75 Å². The first-order chi connectivity index (χ1) is 9.04. The number of carbonyl (C=O) groups excluding carboxylic acids is 1. The Balaban J connectivity index is 2.01. The first-order valence-corrected chi connectivity index (χ1v) is 5.47. The second-order valence-corrected chi connectivity index (χ2v) is 3.77. The van der Waals surface area contributed by atoms with E-state index in [0.717, 1.165) is 0 Å². The minimum Gasteiger partial charge on any atom is -0.456 e. The molecule has 0 aliphatic heterocycles. The molecule has 19 heavy (non-hydrogen) atoms. The molecule has 0 atom stereocenters. The minimum absolute atomic E-state index is 0.0295. The maximum atomic E-state index is 12.0. The third-order valence-corrected chi connectivity index (χ3v) is 2.30. The number of anilines is 1. The number of benzene rings is 1. The van der Waals surface area contributed by atoms with E-state index in [9.17, 15) is 13.6 Å². The van der Waals surface area contributed by atoms with Crippen LogP contribution in [0.2, 0.25) is 0 Å². The third-order valence-electron chi connectivity index (χ3n) is 2.30. The van der Waals surface area contributed by atoms with Crippen LogP contribution >= 0.6 is 0 Å². The van der Waals surface area contributed by atoms with Crippen molar-refractivity contribution < 1.29 is 22.7 Å². The van der Waals surface area contributed by atoms with Crippen LogP contribution in [0.1, 0.15) is 16.3 Å². The van der Waals surface area contributed by atoms with Gasteiger partial charge in [-0.2, -0.15) is 8.78 Å². The van der Waals surface area contributed by atoms with Crippen LogP contribution in [-0.4, -0.2) is 12.5 Å². The second-order valence-electron chi connectivity index (χ2n) is 3.77. The molecule has 0 unspecified atom stereocenters. The summed E-state index contributed by atoms with van der Waals surface area (Å²) in [6.07, 6.45) is 0. The molecule has 100 valence electrons. The minimum atomic E-state index is -2.87. The van der Waals surface area contributed by atoms with Gasteiger partial charge in [-0.1, -0.05) is 0 Å². The zero-order valence-electron chi connectivity index (χ0n) is 10.0. The van der Waals surface area contributed by atoms with Crippen LogP contribution in [0.25, 0.3) is 0 Å². The van der Waals surface area contributed by atoms with Gasteiger partial charge in [-0.25, -0.2) is 0 Å². The number of aryl methyl sites for hydroxylation is 1. The molecule has 0 bridgehead atoms. The number of hydrogen-bond donors (Lipinski definition) is 1. The molecule has 1 heterocycles. The van der Waals surface area contributed by atoms with Crippen molar-refractivity contribution in [1.82, 2.24) is 0 Å². The van der Waals surface area contributed by atoms with Gasteiger partial charge in [0.05, 0.1) is 0 Å². The van der Waals surface area contributed by atoms with Gasteiger partial charge in [0, 0.05) is 5.69 Å². The van der Waals surface area contributed by atoms with E-state index >= 15 is 0 Å². The second kappa shape index (κ2) is 5.51. The molecule has 2 aromatic rings. The summed E-state index contributed by atoms with van der Waals surface area (Å²) in [5.74, 6) is 0.439. The number of carbonyl (C=O) groups is 1. The molecule has 0 radical (unpaired) electrons. The highest BCUT2D eigenvalue weighted by atomic mass is 19.3. The predicted molar refractivity (Wildman–Crippen MR) is 64.5 cm³/mol. The van der Waals surface area contributed by atoms with Gasteiger partial charge in [-0.15, -0.1) is 0 Å². The zero-order valence-corrected chi connectivity index (χ0v) is 10.0. The number of alkyl halides is 2. The van der Waals surface area contributed by atoms with Crippen LogP contribution in [0, 0.1) is 6.92 Å². The average Bonchev–Trinajstić information content (AvgIpc) is 2.78. The maximum Gasteiger partial charge on any atom is 0.387 e. The topological polar surface area (TPSA) is 51.5 Å². The van der Waals surface area contributed by atoms with Gasteiger partial charge in [0.15, 0.2) is 5.76 Å². The number of ether oxygens (including phenoxy) is 1. The normalized spacial score (nSPS) is 10.5. The number of rotatable bonds is 4. The maximum absolute atomic E-state index is 12.0. The van der Waals surface area contributed by atoms with Crippen LogP contribution in [0.4, 0.5) is 14.5 Å². The number of hydrogen-bond acceptors (Lipinski definition) is 3. The van der Waals surface area contributed by atoms with Crippen molar-refractivity contribution in [2.24, 2.45) is 0 Å². The third kappa shape index (κ3) is 3.54. The predicted octanol–water partition coefficient (Wildman–Crippen LogP) is 3.44. The van der Waals surface area contributed by atoms with Crippen molar-refractivity contribution in [3.63, 3.8) is 0 Å². The molecule has 0 aliphatic carbocycles. The first-order valence-electron chi connectivity index (χ1n) is 5.47. The summed E-state index contributed by atoms with van der Waals surface area (Å²) >= 11 is 0. The van der Waals surface area contributed by atoms with Crippen LogP contribution in [-0.2, 0) is 0 Å². The van der Waals surface area contributed by atoms with Gasteiger partial charge >= 0.3 is 6.61 Å². The molecular weight excluding hydrogens is 256 g/mol. The molecule has 1 aromatic heterocycles. The van der Waals surface area contributed by atoms with Crippen molar-refractivity contribution in [1.29, 1.82) is 0 Å². The lowest BCUT2D eigenvalue weighted by Gasteiger charge is -2.06. The Morgan fingerprint density at radius 3 is 2.42 bits per heavy atom. The summed E-state index contributed by atoms with van der Waals surface area (Å²) in [6, 6.07) is 8.84. The van der Waals surface area contributed by atoms with Gasteiger partial charge in [0.25, 0.3) is 5.91 Å². The number of amides is 1. The molecule has 2 rings (SSSR count). The largest absolute Gasteiger partial charge is 0.456 e. The summed E-state index contributed by atoms with van der Waals surface area (Å²) in [7, 11) is 0. The molecule has 0 spiro atoms. The lowest BCUT2D eigenvalue weighted by Crippen LogP contribution is -2.10. The number of nitrogens with one attached hydrogen (secondary N) is 1. The molecule has 0 saturated carbocycles. The van der Waals surface area contributed by atoms with Crippen LogP contribution in [0.3, 0.4) is 0 Å². The van der Waals surface area contributed by atoms with Crippen molar-refractivity contribution in [3.8, 4) is 5.75 Å². The Kier molecular flexibility index (Phi) is 3.79. The van der Waals surface area contributed by atoms with Crippen LogP contribution in [0.15, 0.2) is 40.8 Å². The molecule has 6 heteroatoms. The van der Waals surface area contributed by atoms with Gasteiger partial charge in [0.1, 0.15) is 11.5 Å². The van der Waals surface area contributed by atoms with Crippen molar-refractivity contribution in [2.45, 2.75) is 13.5 Å². The standard InChI is InChI=1S/C13H11F2NO3/c1-8-2-7-11(18-8)12(17)16-9-3-5-10(6-4-9)19-13(14)15/h2-7,13H,1H3,(H,16,17). The van der Waals surface area contributed by atoms with Crippen LogP contribution < -0.4 is 10.1 Å². The summed E-state index contributed by atoms with van der Waals surface area (Å²) < 4.78 is 33.3. The Morgan fingerprint density at radius 2 is 1.89 bits per heavy atom. The highest BCUT2D eigenvalue weighted by Gasteiger charge is 2.10. The van der Waals surface area contributed by atoms with E-state index in [1.54, 1.807) is 19.1 Å². The molecule has 4 nitrogen and oxygen atoms in total. The van der Waals surface area contributed by atoms with E-state index in [0.29, 0.717) is 11.4 Å². The Morgan fingerprint density at radius 1 is 1.21 bits per heavy atom. The molecular formula is C13H11F2NO3. The summed E-state index contributed by atoms with van der Waals surface area (Å²) in [4.78, 5) is 11.7. The molecule has 0 aliphatic rings. The monoisotopic (exact) mass is 267 g/mol. The first kappa shape index (κ1) is 13.1. The highest BCUT2D eigenvalue weighted by Crippen LogP contribution is 2.18. The van der Waals surface area contributed by atoms with Gasteiger partial charge < -0.3 is 14.5 Å². The molecule has 0 fully saturated rings.